The number of amides is 1. The Morgan fingerprint density at radius 3 is 2.43 bits per heavy atom. The molecule has 116 valence electrons. The lowest BCUT2D eigenvalue weighted by Crippen LogP contribution is -2.13. The van der Waals surface area contributed by atoms with Crippen LogP contribution in [-0.2, 0) is 0 Å². The van der Waals surface area contributed by atoms with E-state index in [1.807, 2.05) is 24.3 Å². The molecule has 0 radical (unpaired) electrons. The number of carboxylic acid groups (broad SMARTS) is 1. The molecule has 7 heteroatoms. The summed E-state index contributed by atoms with van der Waals surface area (Å²) in [7, 11) is 0. The lowest BCUT2D eigenvalue weighted by molar-refractivity contribution is 0.0699. The van der Waals surface area contributed by atoms with Crippen molar-refractivity contribution in [2.75, 3.05) is 5.32 Å². The molecule has 2 N–H and O–H groups in total. The van der Waals surface area contributed by atoms with Crippen molar-refractivity contribution < 1.29 is 14.7 Å². The summed E-state index contributed by atoms with van der Waals surface area (Å²) in [6.45, 7) is 0. The molecule has 0 saturated heterocycles. The Morgan fingerprint density at radius 1 is 1.09 bits per heavy atom. The van der Waals surface area contributed by atoms with Gasteiger partial charge in [0.2, 0.25) is 0 Å². The Kier molecular flexibility index (Phi) is 4.61. The second kappa shape index (κ2) is 6.66. The molecule has 0 aliphatic carbocycles. The van der Waals surface area contributed by atoms with Gasteiger partial charge in [0.1, 0.15) is 5.56 Å². The highest BCUT2D eigenvalue weighted by Gasteiger charge is 2.21. The molecule has 1 aromatic carbocycles. The molecule has 2 aromatic heterocycles. The third kappa shape index (κ3) is 3.36. The summed E-state index contributed by atoms with van der Waals surface area (Å²) in [5, 5.41) is 17.4. The SMILES string of the molecule is O=C(Nc1csc(-c2ccc(Br)cc2)c1C(=O)O)c1ccsc1. The van der Waals surface area contributed by atoms with Crippen LogP contribution in [0.3, 0.4) is 0 Å². The minimum Gasteiger partial charge on any atom is -0.478 e. The van der Waals surface area contributed by atoms with Crippen molar-refractivity contribution in [3.8, 4) is 10.4 Å². The molecule has 4 nitrogen and oxygen atoms in total. The van der Waals surface area contributed by atoms with Crippen LogP contribution in [0.15, 0.2) is 50.9 Å². The van der Waals surface area contributed by atoms with Crippen molar-refractivity contribution in [3.63, 3.8) is 0 Å². The average molecular weight is 408 g/mol. The smallest absolute Gasteiger partial charge is 0.339 e. The van der Waals surface area contributed by atoms with Crippen LogP contribution in [0.4, 0.5) is 5.69 Å². The fraction of sp³-hybridized carbons (Fsp3) is 0. The minimum atomic E-state index is -1.07. The van der Waals surface area contributed by atoms with Gasteiger partial charge in [-0.3, -0.25) is 4.79 Å². The predicted octanol–water partition coefficient (Wildman–Crippen LogP) is 5.19. The summed E-state index contributed by atoms with van der Waals surface area (Å²) in [5.74, 6) is -1.38. The number of carbonyl (C=O) groups is 2. The van der Waals surface area contributed by atoms with Crippen LogP contribution in [0.25, 0.3) is 10.4 Å². The van der Waals surface area contributed by atoms with Gasteiger partial charge in [0.15, 0.2) is 0 Å². The topological polar surface area (TPSA) is 66.4 Å². The molecule has 0 spiro atoms. The van der Waals surface area contributed by atoms with E-state index in [-0.39, 0.29) is 11.5 Å². The van der Waals surface area contributed by atoms with Gasteiger partial charge in [0, 0.05) is 15.2 Å². The lowest BCUT2D eigenvalue weighted by Gasteiger charge is -2.05. The Morgan fingerprint density at radius 2 is 1.83 bits per heavy atom. The van der Waals surface area contributed by atoms with Gasteiger partial charge in [-0.05, 0) is 29.1 Å². The van der Waals surface area contributed by atoms with Gasteiger partial charge in [-0.15, -0.1) is 11.3 Å². The first-order valence-corrected chi connectivity index (χ1v) is 9.12. The van der Waals surface area contributed by atoms with E-state index in [9.17, 15) is 14.7 Å². The quantitative estimate of drug-likeness (QED) is 0.625. The molecule has 1 amide bonds. The molecule has 0 aliphatic heterocycles. The van der Waals surface area contributed by atoms with E-state index in [2.05, 4.69) is 21.2 Å². The van der Waals surface area contributed by atoms with Crippen molar-refractivity contribution in [2.45, 2.75) is 0 Å². The van der Waals surface area contributed by atoms with Crippen LogP contribution in [0.1, 0.15) is 20.7 Å². The van der Waals surface area contributed by atoms with Gasteiger partial charge in [-0.25, -0.2) is 4.79 Å². The monoisotopic (exact) mass is 407 g/mol. The van der Waals surface area contributed by atoms with E-state index in [1.54, 1.807) is 22.2 Å². The molecular weight excluding hydrogens is 398 g/mol. The standard InChI is InChI=1S/C16H10BrNO3S2/c17-11-3-1-9(2-4-11)14-13(16(20)21)12(8-23-14)18-15(19)10-5-6-22-7-10/h1-8H,(H,18,19)(H,20,21). The van der Waals surface area contributed by atoms with Crippen molar-refractivity contribution >= 4 is 56.2 Å². The number of carbonyl (C=O) groups excluding carboxylic acids is 1. The summed E-state index contributed by atoms with van der Waals surface area (Å²) < 4.78 is 0.917. The Hall–Kier alpha value is -1.96. The first-order chi connectivity index (χ1) is 11.1. The van der Waals surface area contributed by atoms with Crippen molar-refractivity contribution in [3.05, 3.63) is 62.1 Å². The highest BCUT2D eigenvalue weighted by atomic mass is 79.9. The number of benzene rings is 1. The number of rotatable bonds is 4. The zero-order chi connectivity index (χ0) is 16.4. The number of thiophene rings is 2. The van der Waals surface area contributed by atoms with E-state index in [0.29, 0.717) is 16.1 Å². The van der Waals surface area contributed by atoms with E-state index >= 15 is 0 Å². The molecule has 0 aliphatic rings. The van der Waals surface area contributed by atoms with E-state index < -0.39 is 5.97 Å². The summed E-state index contributed by atoms with van der Waals surface area (Å²) in [6.07, 6.45) is 0. The minimum absolute atomic E-state index is 0.112. The Labute approximate surface area is 148 Å². The molecule has 2 heterocycles. The number of hydrogen-bond acceptors (Lipinski definition) is 4. The van der Waals surface area contributed by atoms with Gasteiger partial charge in [-0.1, -0.05) is 28.1 Å². The largest absolute Gasteiger partial charge is 0.478 e. The highest BCUT2D eigenvalue weighted by molar-refractivity contribution is 9.10. The van der Waals surface area contributed by atoms with Crippen LogP contribution >= 0.6 is 38.6 Å². The molecule has 0 unspecified atom stereocenters. The number of halogens is 1. The second-order valence-corrected chi connectivity index (χ2v) is 7.21. The van der Waals surface area contributed by atoms with E-state index in [0.717, 1.165) is 10.0 Å². The van der Waals surface area contributed by atoms with E-state index in [4.69, 9.17) is 0 Å². The van der Waals surface area contributed by atoms with Gasteiger partial charge >= 0.3 is 5.97 Å². The van der Waals surface area contributed by atoms with Crippen LogP contribution in [0, 0.1) is 0 Å². The predicted molar refractivity (Wildman–Crippen MR) is 96.7 cm³/mol. The number of nitrogens with one attached hydrogen (secondary N) is 1. The van der Waals surface area contributed by atoms with Crippen LogP contribution < -0.4 is 5.32 Å². The fourth-order valence-corrected chi connectivity index (χ4v) is 3.96. The summed E-state index contributed by atoms with van der Waals surface area (Å²) >= 11 is 6.06. The zero-order valence-corrected chi connectivity index (χ0v) is 14.8. The molecule has 0 bridgehead atoms. The second-order valence-electron chi connectivity index (χ2n) is 4.63. The maximum atomic E-state index is 12.1. The first kappa shape index (κ1) is 15.9. The molecular formula is C16H10BrNO3S2. The van der Waals surface area contributed by atoms with Gasteiger partial charge < -0.3 is 10.4 Å². The molecule has 0 atom stereocenters. The zero-order valence-electron chi connectivity index (χ0n) is 11.6. The van der Waals surface area contributed by atoms with Crippen molar-refractivity contribution in [1.29, 1.82) is 0 Å². The number of aromatic carboxylic acids is 1. The van der Waals surface area contributed by atoms with Crippen molar-refractivity contribution in [1.82, 2.24) is 0 Å². The lowest BCUT2D eigenvalue weighted by atomic mass is 10.1. The van der Waals surface area contributed by atoms with Crippen LogP contribution in [0.5, 0.6) is 0 Å². The maximum Gasteiger partial charge on any atom is 0.339 e. The molecule has 0 saturated carbocycles. The van der Waals surface area contributed by atoms with Crippen molar-refractivity contribution in [2.24, 2.45) is 0 Å². The van der Waals surface area contributed by atoms with Crippen LogP contribution in [0.2, 0.25) is 0 Å². The number of anilines is 1. The molecule has 3 aromatic rings. The summed E-state index contributed by atoms with van der Waals surface area (Å²) in [5.41, 5.74) is 1.74. The van der Waals surface area contributed by atoms with Gasteiger partial charge in [0.05, 0.1) is 16.1 Å². The molecule has 0 fully saturated rings. The highest BCUT2D eigenvalue weighted by Crippen LogP contribution is 2.36. The van der Waals surface area contributed by atoms with E-state index in [1.165, 1.54) is 22.7 Å². The summed E-state index contributed by atoms with van der Waals surface area (Å²) in [4.78, 5) is 24.4. The number of hydrogen-bond donors (Lipinski definition) is 2. The molecule has 3 rings (SSSR count). The molecule has 23 heavy (non-hydrogen) atoms. The normalized spacial score (nSPS) is 10.5. The third-order valence-electron chi connectivity index (χ3n) is 3.14. The Balaban J connectivity index is 1.97. The summed E-state index contributed by atoms with van der Waals surface area (Å²) in [6, 6.07) is 9.08. The Bertz CT molecular complexity index is 854. The maximum absolute atomic E-state index is 12.1. The first-order valence-electron chi connectivity index (χ1n) is 6.50. The number of carboxylic acids is 1. The van der Waals surface area contributed by atoms with Crippen LogP contribution in [-0.4, -0.2) is 17.0 Å². The van der Waals surface area contributed by atoms with Gasteiger partial charge in [-0.2, -0.15) is 11.3 Å². The van der Waals surface area contributed by atoms with Gasteiger partial charge in [0.25, 0.3) is 5.91 Å². The average Bonchev–Trinajstić information content (AvgIpc) is 3.17. The third-order valence-corrected chi connectivity index (χ3v) is 5.38. The fourth-order valence-electron chi connectivity index (χ4n) is 2.06.